The highest BCUT2D eigenvalue weighted by Gasteiger charge is 2.76. The smallest absolute Gasteiger partial charge is 0.248 e. The first-order valence-corrected chi connectivity index (χ1v) is 15.9. The third-order valence-corrected chi connectivity index (χ3v) is 11.2. The molecule has 3 fully saturated rings. The molecule has 3 amide bonds. The Kier molecular flexibility index (Phi) is 8.63. The van der Waals surface area contributed by atoms with E-state index in [9.17, 15) is 19.5 Å². The van der Waals surface area contributed by atoms with E-state index < -0.39 is 28.7 Å². The van der Waals surface area contributed by atoms with E-state index in [4.69, 9.17) is 4.74 Å². The summed E-state index contributed by atoms with van der Waals surface area (Å²) in [5, 5.41) is 16.6. The lowest BCUT2D eigenvalue weighted by atomic mass is 9.65. The molecule has 2 bridgehead atoms. The Balaban J connectivity index is 1.51. The third-order valence-electron chi connectivity index (χ3n) is 9.17. The molecule has 8 nitrogen and oxygen atoms in total. The number of ether oxygens (including phenoxy) is 1. The maximum absolute atomic E-state index is 14.5. The molecule has 3 aliphatic rings. The monoisotopic (exact) mass is 593 g/mol. The minimum absolute atomic E-state index is 0.0359. The van der Waals surface area contributed by atoms with Crippen LogP contribution in [-0.2, 0) is 14.4 Å². The fraction of sp³-hybridized carbons (Fsp3) is 0.545. The predicted molar refractivity (Wildman–Crippen MR) is 167 cm³/mol. The number of anilines is 2. The first-order chi connectivity index (χ1) is 20.0. The maximum atomic E-state index is 14.5. The van der Waals surface area contributed by atoms with Crippen LogP contribution < -0.4 is 15.4 Å². The van der Waals surface area contributed by atoms with Crippen molar-refractivity contribution in [2.45, 2.75) is 76.5 Å². The Morgan fingerprint density at radius 2 is 1.83 bits per heavy atom. The fourth-order valence-corrected chi connectivity index (χ4v) is 9.78. The van der Waals surface area contributed by atoms with Gasteiger partial charge in [-0.05, 0) is 86.9 Å². The molecule has 42 heavy (non-hydrogen) atoms. The lowest BCUT2D eigenvalue weighted by Crippen LogP contribution is -2.57. The van der Waals surface area contributed by atoms with Crippen LogP contribution in [-0.4, -0.2) is 63.0 Å². The minimum Gasteiger partial charge on any atom is -0.494 e. The molecule has 9 heteroatoms. The second-order valence-electron chi connectivity index (χ2n) is 12.5. The number of aliphatic hydroxyl groups excluding tert-OH is 1. The first kappa shape index (κ1) is 30.4. The van der Waals surface area contributed by atoms with Crippen LogP contribution >= 0.6 is 11.8 Å². The number of nitrogens with zero attached hydrogens (tertiary/aromatic N) is 1. The predicted octanol–water partition coefficient (Wildman–Crippen LogP) is 5.02. The molecule has 0 radical (unpaired) electrons. The van der Waals surface area contributed by atoms with Gasteiger partial charge in [-0.3, -0.25) is 14.4 Å². The molecule has 0 aromatic heterocycles. The summed E-state index contributed by atoms with van der Waals surface area (Å²) in [4.78, 5) is 44.4. The van der Waals surface area contributed by atoms with Crippen molar-refractivity contribution < 1.29 is 24.2 Å². The van der Waals surface area contributed by atoms with Crippen molar-refractivity contribution in [1.29, 1.82) is 0 Å². The van der Waals surface area contributed by atoms with Crippen LogP contribution in [0.25, 0.3) is 0 Å². The number of fused-ring (bicyclic) bond motifs is 1. The highest BCUT2D eigenvalue weighted by molar-refractivity contribution is 8.02. The summed E-state index contributed by atoms with van der Waals surface area (Å²) in [5.74, 6) is -0.941. The molecule has 3 aliphatic heterocycles. The molecule has 2 aromatic rings. The third kappa shape index (κ3) is 5.19. The summed E-state index contributed by atoms with van der Waals surface area (Å²) in [7, 11) is 0. The maximum Gasteiger partial charge on any atom is 0.248 e. The number of rotatable bonds is 10. The number of hydrogen-bond acceptors (Lipinski definition) is 6. The second-order valence-corrected chi connectivity index (χ2v) is 14.1. The van der Waals surface area contributed by atoms with Crippen molar-refractivity contribution in [3.8, 4) is 5.75 Å². The van der Waals surface area contributed by atoms with Crippen molar-refractivity contribution >= 4 is 40.9 Å². The number of aryl methyl sites for hydroxylation is 2. The quantitative estimate of drug-likeness (QED) is 0.357. The molecule has 5 rings (SSSR count). The van der Waals surface area contributed by atoms with E-state index in [2.05, 4.69) is 17.6 Å². The van der Waals surface area contributed by atoms with E-state index in [1.807, 2.05) is 65.0 Å². The zero-order valence-electron chi connectivity index (χ0n) is 25.3. The number of benzene rings is 2. The number of carbonyl (C=O) groups is 3. The van der Waals surface area contributed by atoms with Gasteiger partial charge in [-0.15, -0.1) is 11.8 Å². The number of amides is 3. The van der Waals surface area contributed by atoms with Crippen LogP contribution in [0.4, 0.5) is 11.4 Å². The summed E-state index contributed by atoms with van der Waals surface area (Å²) < 4.78 is 4.76. The summed E-state index contributed by atoms with van der Waals surface area (Å²) in [6.07, 6.45) is 1.30. The van der Waals surface area contributed by atoms with Crippen molar-refractivity contribution in [1.82, 2.24) is 4.90 Å². The van der Waals surface area contributed by atoms with Crippen molar-refractivity contribution in [2.75, 3.05) is 23.8 Å². The Bertz CT molecular complexity index is 1350. The van der Waals surface area contributed by atoms with Crippen LogP contribution in [0.5, 0.6) is 5.75 Å². The van der Waals surface area contributed by atoms with Crippen LogP contribution in [0, 0.1) is 37.5 Å². The van der Waals surface area contributed by atoms with Gasteiger partial charge in [0.05, 0.1) is 35.8 Å². The fourth-order valence-electron chi connectivity index (χ4n) is 7.37. The second kappa shape index (κ2) is 11.9. The van der Waals surface area contributed by atoms with E-state index in [1.165, 1.54) is 0 Å². The topological polar surface area (TPSA) is 108 Å². The van der Waals surface area contributed by atoms with Crippen molar-refractivity contribution in [3.63, 3.8) is 0 Å². The molecule has 0 saturated carbocycles. The first-order valence-electron chi connectivity index (χ1n) is 15.0. The molecule has 1 spiro atoms. The number of likely N-dealkylation sites (tertiary alicyclic amines) is 1. The van der Waals surface area contributed by atoms with E-state index in [0.717, 1.165) is 23.3 Å². The van der Waals surface area contributed by atoms with Gasteiger partial charge < -0.3 is 25.4 Å². The molecule has 2 aromatic carbocycles. The van der Waals surface area contributed by atoms with Gasteiger partial charge in [-0.1, -0.05) is 32.9 Å². The van der Waals surface area contributed by atoms with Crippen LogP contribution in [0.1, 0.15) is 51.7 Å². The summed E-state index contributed by atoms with van der Waals surface area (Å²) >= 11 is 1.64. The molecular formula is C33H43N3O5S. The van der Waals surface area contributed by atoms with Crippen molar-refractivity contribution in [3.05, 3.63) is 53.6 Å². The summed E-state index contributed by atoms with van der Waals surface area (Å²) in [6.45, 7) is 12.3. The molecule has 226 valence electrons. The average Bonchev–Trinajstić information content (AvgIpc) is 3.54. The minimum atomic E-state index is -0.806. The SMILES string of the molecule is CCOc1ccc(NC(=O)[C@@H]2[C@@H]3CC(C)C4(S3)C(C(=O)Nc3cc(C)ccc3C)N([C@@H](CO)CC(C)C)C(=O)[C@H]24)cc1. The van der Waals surface area contributed by atoms with Crippen molar-refractivity contribution in [2.24, 2.45) is 23.7 Å². The Hall–Kier alpha value is -3.04. The molecule has 3 unspecified atom stereocenters. The highest BCUT2D eigenvalue weighted by atomic mass is 32.2. The van der Waals surface area contributed by atoms with Gasteiger partial charge in [0.2, 0.25) is 17.7 Å². The van der Waals surface area contributed by atoms with Gasteiger partial charge in [0.15, 0.2) is 0 Å². The van der Waals surface area contributed by atoms with E-state index >= 15 is 0 Å². The molecular weight excluding hydrogens is 550 g/mol. The van der Waals surface area contributed by atoms with Crippen LogP contribution in [0.15, 0.2) is 42.5 Å². The average molecular weight is 594 g/mol. The van der Waals surface area contributed by atoms with E-state index in [-0.39, 0.29) is 41.4 Å². The van der Waals surface area contributed by atoms with Gasteiger partial charge in [0, 0.05) is 16.6 Å². The number of thioether (sulfide) groups is 1. The van der Waals surface area contributed by atoms with Gasteiger partial charge in [-0.25, -0.2) is 0 Å². The zero-order valence-corrected chi connectivity index (χ0v) is 26.2. The number of nitrogens with one attached hydrogen (secondary N) is 2. The zero-order chi connectivity index (χ0) is 30.3. The van der Waals surface area contributed by atoms with Crippen LogP contribution in [0.3, 0.4) is 0 Å². The highest BCUT2D eigenvalue weighted by Crippen LogP contribution is 2.69. The molecule has 7 atom stereocenters. The van der Waals surface area contributed by atoms with Crippen LogP contribution in [0.2, 0.25) is 0 Å². The summed E-state index contributed by atoms with van der Waals surface area (Å²) in [5.41, 5.74) is 3.31. The normalized spacial score (nSPS) is 28.6. The standard InChI is InChI=1S/C33H43N3O5S/c1-7-41-24-12-10-22(11-13-24)34-30(38)27-26-16-21(6)33(42-26)28(27)32(40)36(23(17-37)14-18(2)3)29(33)31(39)35-25-15-19(4)8-9-20(25)5/h8-13,15,18,21,23,26-29,37H,7,14,16-17H2,1-6H3,(H,34,38)(H,35,39)/t21?,23-,26+,27-,28+,29?,33?/m1/s1. The molecule has 3 N–H and O–H groups in total. The number of carbonyl (C=O) groups excluding carboxylic acids is 3. The lowest BCUT2D eigenvalue weighted by molar-refractivity contribution is -0.141. The number of hydrogen-bond donors (Lipinski definition) is 3. The lowest BCUT2D eigenvalue weighted by Gasteiger charge is -2.40. The number of aliphatic hydroxyl groups is 1. The van der Waals surface area contributed by atoms with Gasteiger partial charge in [-0.2, -0.15) is 0 Å². The Morgan fingerprint density at radius 3 is 2.48 bits per heavy atom. The molecule has 3 saturated heterocycles. The summed E-state index contributed by atoms with van der Waals surface area (Å²) in [6, 6.07) is 11.8. The Labute approximate surface area is 253 Å². The van der Waals surface area contributed by atoms with Gasteiger partial charge in [0.1, 0.15) is 11.8 Å². The molecule has 3 heterocycles. The van der Waals surface area contributed by atoms with Gasteiger partial charge >= 0.3 is 0 Å². The Morgan fingerprint density at radius 1 is 1.12 bits per heavy atom. The van der Waals surface area contributed by atoms with E-state index in [1.54, 1.807) is 28.8 Å². The largest absolute Gasteiger partial charge is 0.494 e. The van der Waals surface area contributed by atoms with Gasteiger partial charge in [0.25, 0.3) is 0 Å². The van der Waals surface area contributed by atoms with E-state index in [0.29, 0.717) is 24.4 Å². The molecule has 0 aliphatic carbocycles.